The van der Waals surface area contributed by atoms with Crippen molar-refractivity contribution in [3.8, 4) is 0 Å². The van der Waals surface area contributed by atoms with Crippen molar-refractivity contribution in [3.63, 3.8) is 0 Å². The van der Waals surface area contributed by atoms with E-state index in [-0.39, 0.29) is 19.8 Å². The molecule has 0 fully saturated rings. The van der Waals surface area contributed by atoms with Crippen LogP contribution in [0.25, 0.3) is 0 Å². The van der Waals surface area contributed by atoms with Crippen LogP contribution < -0.4 is 4.89 Å². The predicted octanol–water partition coefficient (Wildman–Crippen LogP) is 10.6. The second-order valence-corrected chi connectivity index (χ2v) is 54.0. The number of nitrogens with zero attached hydrogens (tertiary/aromatic N) is 1. The highest BCUT2D eigenvalue weighted by molar-refractivity contribution is 7.45. The Hall–Kier alpha value is 1.45. The van der Waals surface area contributed by atoms with Crippen molar-refractivity contribution in [2.45, 2.75) is 183 Å². The van der Waals surface area contributed by atoms with Crippen molar-refractivity contribution in [1.82, 2.24) is 0 Å². The minimum Gasteiger partial charge on any atom is -0.756 e. The summed E-state index contributed by atoms with van der Waals surface area (Å²) >= 11 is 0. The van der Waals surface area contributed by atoms with Gasteiger partial charge in [-0.15, -0.1) is 0 Å². The SMILES string of the molecule is CCO[Si](CCC[Si](C)(O[Si](C)(C)C)O[Si](C)(C)O[Si](C)(CCCOCCOP(=O)([O-])OCC[N+](CC)(CC)CC)O[Si](C)(CCC[Si](C)(C)C)O[Si](C)(C)C)(OCC)OCC. The molecular weight excluding hydrogens is 946 g/mol. The van der Waals surface area contributed by atoms with Gasteiger partial charge in [-0.1, -0.05) is 32.1 Å². The summed E-state index contributed by atoms with van der Waals surface area (Å²) in [6, 6.07) is 4.23. The molecule has 0 saturated heterocycles. The van der Waals surface area contributed by atoms with E-state index in [0.717, 1.165) is 49.0 Å². The van der Waals surface area contributed by atoms with E-state index in [0.29, 0.717) is 51.5 Å². The number of likely N-dealkylation sites (N-methyl/N-ethyl adjacent to an activating group) is 1. The fourth-order valence-electron chi connectivity index (χ4n) is 8.08. The minimum atomic E-state index is -4.44. The van der Waals surface area contributed by atoms with Gasteiger partial charge in [-0.25, -0.2) is 0 Å². The third kappa shape index (κ3) is 28.7. The van der Waals surface area contributed by atoms with E-state index in [1.165, 1.54) is 6.04 Å². The summed E-state index contributed by atoms with van der Waals surface area (Å²) < 4.78 is 84.4. The molecule has 14 nitrogen and oxygen atoms in total. The molecule has 0 radical (unpaired) electrons. The quantitative estimate of drug-likeness (QED) is 0.0250. The van der Waals surface area contributed by atoms with E-state index >= 15 is 0 Å². The summed E-state index contributed by atoms with van der Waals surface area (Å²) in [6.07, 6.45) is 2.53. The van der Waals surface area contributed by atoms with Crippen molar-refractivity contribution >= 4 is 75.6 Å². The van der Waals surface area contributed by atoms with Crippen LogP contribution in [0.5, 0.6) is 0 Å². The molecule has 0 aliphatic rings. The Balaban J connectivity index is 6.29. The number of phosphoric ester groups is 1. The van der Waals surface area contributed by atoms with Crippen molar-refractivity contribution < 1.29 is 61.6 Å². The summed E-state index contributed by atoms with van der Waals surface area (Å²) in [5.41, 5.74) is 0. The highest BCUT2D eigenvalue weighted by atomic mass is 31.2. The molecule has 0 aliphatic carbocycles. The fourth-order valence-corrected chi connectivity index (χ4v) is 42.7. The molecule has 0 spiro atoms. The van der Waals surface area contributed by atoms with Gasteiger partial charge in [-0.05, 0) is 145 Å². The molecule has 4 atom stereocenters. The molecule has 0 amide bonds. The lowest BCUT2D eigenvalue weighted by Crippen LogP contribution is -2.62. The first kappa shape index (κ1) is 63.4. The van der Waals surface area contributed by atoms with E-state index in [1.807, 2.05) is 20.8 Å². The Kier molecular flexibility index (Phi) is 28.9. The third-order valence-corrected chi connectivity index (χ3v) is 39.4. The van der Waals surface area contributed by atoms with Crippen LogP contribution in [0.4, 0.5) is 0 Å². The molecule has 23 heteroatoms. The van der Waals surface area contributed by atoms with Crippen LogP contribution >= 0.6 is 7.82 Å². The van der Waals surface area contributed by atoms with Crippen molar-refractivity contribution in [3.05, 3.63) is 0 Å². The molecule has 0 bridgehead atoms. The Bertz CT molecular complexity index is 1250. The fraction of sp³-hybridized carbons (Fsp3) is 1.00. The zero-order valence-corrected chi connectivity index (χ0v) is 52.5. The molecule has 0 aromatic rings. The largest absolute Gasteiger partial charge is 0.756 e. The number of phosphoric acid groups is 1. The maximum Gasteiger partial charge on any atom is 0.500 e. The summed E-state index contributed by atoms with van der Waals surface area (Å²) in [7, 11) is -24.0. The van der Waals surface area contributed by atoms with Gasteiger partial charge in [-0.3, -0.25) is 4.57 Å². The maximum atomic E-state index is 12.5. The maximum absolute atomic E-state index is 12.5. The first-order valence-corrected chi connectivity index (χ1v) is 48.0. The van der Waals surface area contributed by atoms with Gasteiger partial charge in [0.1, 0.15) is 13.2 Å². The Morgan fingerprint density at radius 2 is 0.871 bits per heavy atom. The summed E-state index contributed by atoms with van der Waals surface area (Å²) in [4.78, 5) is 12.5. The molecule has 0 saturated carbocycles. The lowest BCUT2D eigenvalue weighted by atomic mass is 10.3. The van der Waals surface area contributed by atoms with Crippen LogP contribution in [0.15, 0.2) is 0 Å². The van der Waals surface area contributed by atoms with Gasteiger partial charge < -0.3 is 57.0 Å². The summed E-state index contributed by atoms with van der Waals surface area (Å²) in [5.74, 6) is 0. The van der Waals surface area contributed by atoms with Gasteiger partial charge in [-0.2, -0.15) is 0 Å². The first-order chi connectivity index (χ1) is 28.2. The van der Waals surface area contributed by atoms with Crippen LogP contribution in [0.2, 0.25) is 122 Å². The zero-order chi connectivity index (χ0) is 48.2. The molecule has 0 aliphatic heterocycles. The first-order valence-electron chi connectivity index (χ1n) is 23.7. The highest BCUT2D eigenvalue weighted by Crippen LogP contribution is 2.38. The van der Waals surface area contributed by atoms with Crippen molar-refractivity contribution in [2.75, 3.05) is 72.4 Å². The standard InChI is InChI=1S/C39H98NO13PSi8/c1-21-40(22-2,23-3)30-32-44-54(41,42)45-34-33-43-31-27-36-61(20,53-60(19,50-57(13,14)15)37-28-35-55(7,8)9)52-58(16,17)51-59(18,49-56(10,11)12)38-29-39-62(46-24-4,47-25-5)48-26-6/h21-39H2,1-20H3. The molecule has 0 aromatic heterocycles. The molecule has 374 valence electrons. The Morgan fingerprint density at radius 1 is 0.468 bits per heavy atom. The second kappa shape index (κ2) is 28.2. The highest BCUT2D eigenvalue weighted by Gasteiger charge is 2.51. The summed E-state index contributed by atoms with van der Waals surface area (Å²) in [5, 5.41) is 0. The number of hydrogen-bond donors (Lipinski definition) is 0. The minimum absolute atomic E-state index is 0.0927. The van der Waals surface area contributed by atoms with Gasteiger partial charge in [0, 0.05) is 40.5 Å². The molecule has 4 unspecified atom stereocenters. The van der Waals surface area contributed by atoms with E-state index in [1.54, 1.807) is 0 Å². The van der Waals surface area contributed by atoms with E-state index in [9.17, 15) is 9.46 Å². The van der Waals surface area contributed by atoms with Crippen LogP contribution in [-0.2, 0) is 52.2 Å². The van der Waals surface area contributed by atoms with Crippen LogP contribution in [0.1, 0.15) is 60.8 Å². The lowest BCUT2D eigenvalue weighted by molar-refractivity contribution is -0.923. The van der Waals surface area contributed by atoms with Gasteiger partial charge in [0.25, 0.3) is 7.82 Å². The average Bonchev–Trinajstić information content (AvgIpc) is 3.07. The monoisotopic (exact) mass is 1040 g/mol. The Morgan fingerprint density at radius 3 is 1.29 bits per heavy atom. The van der Waals surface area contributed by atoms with Gasteiger partial charge in [0.2, 0.25) is 0 Å². The second-order valence-electron chi connectivity index (χ2n) is 20.6. The van der Waals surface area contributed by atoms with Gasteiger partial charge >= 0.3 is 43.0 Å². The van der Waals surface area contributed by atoms with Crippen LogP contribution in [0, 0.1) is 0 Å². The number of hydrogen-bond acceptors (Lipinski definition) is 13. The molecule has 0 heterocycles. The number of quaternary nitrogens is 1. The number of rotatable bonds is 39. The molecule has 0 N–H and O–H groups in total. The normalized spacial score (nSPS) is 17.7. The van der Waals surface area contributed by atoms with Crippen molar-refractivity contribution in [1.29, 1.82) is 0 Å². The number of ether oxygens (including phenoxy) is 1. The van der Waals surface area contributed by atoms with E-state index < -0.39 is 75.6 Å². The molecule has 0 aromatic carbocycles. The lowest BCUT2D eigenvalue weighted by Gasteiger charge is -2.45. The van der Waals surface area contributed by atoms with Crippen LogP contribution in [-0.4, -0.2) is 145 Å². The smallest absolute Gasteiger partial charge is 0.500 e. The van der Waals surface area contributed by atoms with Crippen molar-refractivity contribution in [2.24, 2.45) is 0 Å². The third-order valence-electron chi connectivity index (χ3n) is 10.4. The van der Waals surface area contributed by atoms with Gasteiger partial charge in [0.15, 0.2) is 16.6 Å². The molecule has 62 heavy (non-hydrogen) atoms. The zero-order valence-electron chi connectivity index (χ0n) is 43.6. The van der Waals surface area contributed by atoms with Crippen LogP contribution in [0.3, 0.4) is 0 Å². The summed E-state index contributed by atoms with van der Waals surface area (Å²) in [6.45, 7) is 49.2. The Labute approximate surface area is 390 Å². The average molecular weight is 1040 g/mol. The predicted molar refractivity (Wildman–Crippen MR) is 273 cm³/mol. The van der Waals surface area contributed by atoms with E-state index in [2.05, 4.69) is 112 Å². The van der Waals surface area contributed by atoms with E-state index in [4.69, 9.17) is 47.6 Å². The van der Waals surface area contributed by atoms with Gasteiger partial charge in [0.05, 0.1) is 32.8 Å². The molecular formula is C39H98NO13PSi8. The molecule has 0 rings (SSSR count). The topological polar surface area (TPSA) is 142 Å².